The highest BCUT2D eigenvalue weighted by Gasteiger charge is 2.24. The van der Waals surface area contributed by atoms with Crippen LogP contribution in [0.1, 0.15) is 19.8 Å². The molecule has 1 amide bonds. The SMILES string of the molecule is C=CCNC(=O)[C@@H](C)Sc1nnc(-c2ccc(Cl)cc2)n1C[C@H]1CCCO1. The smallest absolute Gasteiger partial charge is 0.233 e. The first-order valence-corrected chi connectivity index (χ1v) is 10.2. The molecular weight excluding hydrogens is 384 g/mol. The summed E-state index contributed by atoms with van der Waals surface area (Å²) in [6, 6.07) is 7.51. The molecule has 0 unspecified atom stereocenters. The van der Waals surface area contributed by atoms with Crippen molar-refractivity contribution < 1.29 is 9.53 Å². The standard InChI is InChI=1S/C19H23ClN4O2S/c1-3-10-21-18(25)13(2)27-19-23-22-17(14-6-8-15(20)9-7-14)24(19)12-16-5-4-11-26-16/h3,6-9,13,16H,1,4-5,10-12H2,2H3,(H,21,25)/t13-,16-/m1/s1. The second-order valence-corrected chi connectivity index (χ2v) is 8.10. The molecular formula is C19H23ClN4O2S. The van der Waals surface area contributed by atoms with Gasteiger partial charge in [0.1, 0.15) is 0 Å². The number of hydrogen-bond acceptors (Lipinski definition) is 5. The fraction of sp³-hybridized carbons (Fsp3) is 0.421. The van der Waals surface area contributed by atoms with Crippen LogP contribution < -0.4 is 5.32 Å². The van der Waals surface area contributed by atoms with E-state index in [4.69, 9.17) is 16.3 Å². The van der Waals surface area contributed by atoms with Crippen molar-refractivity contribution in [2.75, 3.05) is 13.2 Å². The molecule has 2 heterocycles. The van der Waals surface area contributed by atoms with E-state index in [2.05, 4.69) is 22.1 Å². The van der Waals surface area contributed by atoms with Gasteiger partial charge in [0.15, 0.2) is 11.0 Å². The minimum Gasteiger partial charge on any atom is -0.376 e. The lowest BCUT2D eigenvalue weighted by molar-refractivity contribution is -0.120. The van der Waals surface area contributed by atoms with Crippen molar-refractivity contribution in [2.45, 2.75) is 42.8 Å². The Morgan fingerprint density at radius 1 is 1.48 bits per heavy atom. The zero-order valence-electron chi connectivity index (χ0n) is 15.2. The largest absolute Gasteiger partial charge is 0.376 e. The average molecular weight is 407 g/mol. The monoisotopic (exact) mass is 406 g/mol. The molecule has 0 radical (unpaired) electrons. The number of carbonyl (C=O) groups excluding carboxylic acids is 1. The number of hydrogen-bond donors (Lipinski definition) is 1. The van der Waals surface area contributed by atoms with Gasteiger partial charge in [-0.05, 0) is 44.0 Å². The summed E-state index contributed by atoms with van der Waals surface area (Å²) in [4.78, 5) is 12.2. The molecule has 1 aliphatic rings. The highest BCUT2D eigenvalue weighted by Crippen LogP contribution is 2.29. The molecule has 0 saturated carbocycles. The molecule has 1 aliphatic heterocycles. The van der Waals surface area contributed by atoms with Gasteiger partial charge in [-0.3, -0.25) is 9.36 Å². The van der Waals surface area contributed by atoms with Crippen LogP contribution in [-0.2, 0) is 16.1 Å². The molecule has 8 heteroatoms. The number of rotatable bonds is 8. The molecule has 2 aromatic rings. The van der Waals surface area contributed by atoms with E-state index < -0.39 is 0 Å². The fourth-order valence-electron chi connectivity index (χ4n) is 2.87. The Bertz CT molecular complexity index is 788. The summed E-state index contributed by atoms with van der Waals surface area (Å²) in [5, 5.41) is 12.6. The molecule has 3 rings (SSSR count). The highest BCUT2D eigenvalue weighted by molar-refractivity contribution is 8.00. The Morgan fingerprint density at radius 3 is 2.93 bits per heavy atom. The van der Waals surface area contributed by atoms with Crippen LogP contribution in [0.25, 0.3) is 11.4 Å². The summed E-state index contributed by atoms with van der Waals surface area (Å²) in [6.45, 7) is 7.37. The minimum absolute atomic E-state index is 0.0559. The number of carbonyl (C=O) groups is 1. The van der Waals surface area contributed by atoms with Crippen LogP contribution in [0.5, 0.6) is 0 Å². The first-order valence-electron chi connectivity index (χ1n) is 8.94. The van der Waals surface area contributed by atoms with E-state index in [0.717, 1.165) is 30.8 Å². The van der Waals surface area contributed by atoms with Crippen LogP contribution in [0, 0.1) is 0 Å². The molecule has 0 bridgehead atoms. The number of amides is 1. The Labute approximate surface area is 168 Å². The van der Waals surface area contributed by atoms with Gasteiger partial charge in [-0.25, -0.2) is 0 Å². The number of nitrogens with zero attached hydrogens (tertiary/aromatic N) is 3. The van der Waals surface area contributed by atoms with Crippen molar-refractivity contribution in [3.05, 3.63) is 41.9 Å². The molecule has 0 aliphatic carbocycles. The molecule has 2 atom stereocenters. The van der Waals surface area contributed by atoms with Gasteiger partial charge in [0.2, 0.25) is 5.91 Å². The molecule has 0 spiro atoms. The fourth-order valence-corrected chi connectivity index (χ4v) is 3.88. The quantitative estimate of drug-likeness (QED) is 0.536. The van der Waals surface area contributed by atoms with Crippen molar-refractivity contribution in [1.29, 1.82) is 0 Å². The Morgan fingerprint density at radius 2 is 2.26 bits per heavy atom. The average Bonchev–Trinajstić information content (AvgIpc) is 3.31. The van der Waals surface area contributed by atoms with Crippen LogP contribution in [0.4, 0.5) is 0 Å². The Hall–Kier alpha value is -1.83. The summed E-state index contributed by atoms with van der Waals surface area (Å²) in [6.07, 6.45) is 3.87. The van der Waals surface area contributed by atoms with Gasteiger partial charge in [0.25, 0.3) is 0 Å². The van der Waals surface area contributed by atoms with Crippen molar-refractivity contribution >= 4 is 29.3 Å². The van der Waals surface area contributed by atoms with E-state index >= 15 is 0 Å². The number of benzene rings is 1. The third kappa shape index (κ3) is 5.12. The minimum atomic E-state index is -0.296. The predicted molar refractivity (Wildman–Crippen MR) is 108 cm³/mol. The van der Waals surface area contributed by atoms with E-state index in [9.17, 15) is 4.79 Å². The van der Waals surface area contributed by atoms with Crippen LogP contribution in [0.15, 0.2) is 42.1 Å². The van der Waals surface area contributed by atoms with E-state index in [0.29, 0.717) is 23.3 Å². The molecule has 6 nitrogen and oxygen atoms in total. The number of nitrogens with one attached hydrogen (secondary N) is 1. The van der Waals surface area contributed by atoms with Gasteiger partial charge in [-0.2, -0.15) is 0 Å². The maximum absolute atomic E-state index is 12.2. The van der Waals surface area contributed by atoms with Crippen molar-refractivity contribution in [3.8, 4) is 11.4 Å². The lowest BCUT2D eigenvalue weighted by Crippen LogP contribution is -2.31. The van der Waals surface area contributed by atoms with Crippen molar-refractivity contribution in [2.24, 2.45) is 0 Å². The third-order valence-corrected chi connectivity index (χ3v) is 5.63. The summed E-state index contributed by atoms with van der Waals surface area (Å²) in [5.41, 5.74) is 0.931. The maximum Gasteiger partial charge on any atom is 0.233 e. The molecule has 1 fully saturated rings. The van der Waals surface area contributed by atoms with Gasteiger partial charge in [0.05, 0.1) is 17.9 Å². The summed E-state index contributed by atoms with van der Waals surface area (Å²) >= 11 is 7.40. The van der Waals surface area contributed by atoms with Crippen LogP contribution in [0.2, 0.25) is 5.02 Å². The van der Waals surface area contributed by atoms with Gasteiger partial charge in [-0.15, -0.1) is 16.8 Å². The zero-order chi connectivity index (χ0) is 19.2. The van der Waals surface area contributed by atoms with E-state index in [1.807, 2.05) is 35.8 Å². The van der Waals surface area contributed by atoms with Crippen molar-refractivity contribution in [1.82, 2.24) is 20.1 Å². The predicted octanol–water partition coefficient (Wildman–Crippen LogP) is 3.56. The first-order chi connectivity index (χ1) is 13.1. The molecule has 27 heavy (non-hydrogen) atoms. The first kappa shape index (κ1) is 19.9. The molecule has 144 valence electrons. The molecule has 1 aromatic heterocycles. The number of halogens is 1. The second kappa shape index (κ2) is 9.39. The normalized spacial score (nSPS) is 17.6. The van der Waals surface area contributed by atoms with Crippen molar-refractivity contribution in [3.63, 3.8) is 0 Å². The Kier molecular flexibility index (Phi) is 6.93. The lowest BCUT2D eigenvalue weighted by atomic mass is 10.2. The third-order valence-electron chi connectivity index (χ3n) is 4.30. The summed E-state index contributed by atoms with van der Waals surface area (Å²) < 4.78 is 7.84. The summed E-state index contributed by atoms with van der Waals surface area (Å²) in [5.74, 6) is 0.697. The van der Waals surface area contributed by atoms with E-state index in [1.165, 1.54) is 11.8 Å². The lowest BCUT2D eigenvalue weighted by Gasteiger charge is -2.16. The van der Waals surface area contributed by atoms with E-state index in [1.54, 1.807) is 6.08 Å². The maximum atomic E-state index is 12.2. The zero-order valence-corrected chi connectivity index (χ0v) is 16.8. The number of ether oxygens (including phenoxy) is 1. The highest BCUT2D eigenvalue weighted by atomic mass is 35.5. The van der Waals surface area contributed by atoms with Crippen LogP contribution >= 0.6 is 23.4 Å². The van der Waals surface area contributed by atoms with Crippen LogP contribution in [-0.4, -0.2) is 45.2 Å². The Balaban J connectivity index is 1.84. The number of thioether (sulfide) groups is 1. The van der Waals surface area contributed by atoms with Gasteiger partial charge < -0.3 is 10.1 Å². The molecule has 1 saturated heterocycles. The van der Waals surface area contributed by atoms with Gasteiger partial charge in [-0.1, -0.05) is 29.4 Å². The molecule has 1 N–H and O–H groups in total. The summed E-state index contributed by atoms with van der Waals surface area (Å²) in [7, 11) is 0. The second-order valence-electron chi connectivity index (χ2n) is 6.35. The van der Waals surface area contributed by atoms with E-state index in [-0.39, 0.29) is 17.3 Å². The van der Waals surface area contributed by atoms with Gasteiger partial charge in [0, 0.05) is 23.7 Å². The molecule has 1 aromatic carbocycles. The number of aromatic nitrogens is 3. The topological polar surface area (TPSA) is 69.0 Å². The van der Waals surface area contributed by atoms with Crippen LogP contribution in [0.3, 0.4) is 0 Å². The van der Waals surface area contributed by atoms with Gasteiger partial charge >= 0.3 is 0 Å².